The van der Waals surface area contributed by atoms with Gasteiger partial charge in [0, 0.05) is 12.7 Å². The van der Waals surface area contributed by atoms with Crippen LogP contribution in [0.1, 0.15) is 60.7 Å². The summed E-state index contributed by atoms with van der Waals surface area (Å²) in [5.41, 5.74) is -0.613. The minimum Gasteiger partial charge on any atom is -0.344 e. The fourth-order valence-electron chi connectivity index (χ4n) is 3.18. The van der Waals surface area contributed by atoms with Crippen molar-refractivity contribution in [3.8, 4) is 0 Å². The molecule has 1 unspecified atom stereocenters. The van der Waals surface area contributed by atoms with Crippen LogP contribution in [0.4, 0.5) is 13.2 Å². The number of alkyl halides is 3. The number of hydrogen-bond donors (Lipinski definition) is 2. The summed E-state index contributed by atoms with van der Waals surface area (Å²) in [6.45, 7) is 4.15. The molecule has 2 aromatic rings. The summed E-state index contributed by atoms with van der Waals surface area (Å²) in [6, 6.07) is 1.02. The predicted octanol–water partition coefficient (Wildman–Crippen LogP) is 3.53. The molecule has 2 aromatic heterocycles. The van der Waals surface area contributed by atoms with Gasteiger partial charge in [0.2, 0.25) is 0 Å². The molecule has 0 spiro atoms. The zero-order chi connectivity index (χ0) is 18.9. The molecule has 0 bridgehead atoms. The number of aryl methyl sites for hydroxylation is 2. The monoisotopic (exact) mass is 369 g/mol. The summed E-state index contributed by atoms with van der Waals surface area (Å²) in [5, 5.41) is 6.89. The number of imidazole rings is 1. The van der Waals surface area contributed by atoms with Crippen molar-refractivity contribution in [3.05, 3.63) is 35.7 Å². The summed E-state index contributed by atoms with van der Waals surface area (Å²) in [5.74, 6) is 0.285. The van der Waals surface area contributed by atoms with E-state index in [0.29, 0.717) is 23.8 Å². The van der Waals surface area contributed by atoms with Crippen LogP contribution in [0.25, 0.3) is 0 Å². The summed E-state index contributed by atoms with van der Waals surface area (Å²) in [4.78, 5) is 19.7. The summed E-state index contributed by atoms with van der Waals surface area (Å²) >= 11 is 0. The van der Waals surface area contributed by atoms with E-state index < -0.39 is 17.6 Å². The molecule has 0 aliphatic heterocycles. The van der Waals surface area contributed by atoms with Gasteiger partial charge in [-0.2, -0.15) is 18.3 Å². The molecule has 0 aromatic carbocycles. The third kappa shape index (κ3) is 3.61. The van der Waals surface area contributed by atoms with Gasteiger partial charge in [-0.15, -0.1) is 0 Å². The molecule has 1 fully saturated rings. The van der Waals surface area contributed by atoms with Gasteiger partial charge in [0.05, 0.1) is 23.3 Å². The van der Waals surface area contributed by atoms with Crippen LogP contribution >= 0.6 is 0 Å². The van der Waals surface area contributed by atoms with Crippen LogP contribution < -0.4 is 5.32 Å². The Kier molecular flexibility index (Phi) is 4.81. The largest absolute Gasteiger partial charge is 0.394 e. The average molecular weight is 369 g/mol. The third-order valence-corrected chi connectivity index (χ3v) is 5.02. The number of H-pyrrole nitrogens is 1. The molecule has 2 heterocycles. The van der Waals surface area contributed by atoms with Crippen LogP contribution in [0.15, 0.2) is 18.5 Å². The average Bonchev–Trinajstić information content (AvgIpc) is 3.03. The Labute approximate surface area is 149 Å². The van der Waals surface area contributed by atoms with Gasteiger partial charge >= 0.3 is 6.18 Å². The van der Waals surface area contributed by atoms with Gasteiger partial charge in [0.25, 0.3) is 5.91 Å². The normalized spacial score (nSPS) is 17.1. The molecule has 3 rings (SSSR count). The molecule has 6 nitrogen and oxygen atoms in total. The first kappa shape index (κ1) is 18.5. The Morgan fingerprint density at radius 3 is 2.73 bits per heavy atom. The molecule has 9 heteroatoms. The number of aromatic nitrogens is 4. The lowest BCUT2D eigenvalue weighted by atomic mass is 9.95. The molecular formula is C17H22F3N5O. The van der Waals surface area contributed by atoms with Crippen molar-refractivity contribution in [2.24, 2.45) is 5.41 Å². The first-order chi connectivity index (χ1) is 12.3. The van der Waals surface area contributed by atoms with Gasteiger partial charge in [0.1, 0.15) is 11.5 Å². The number of rotatable bonds is 7. The van der Waals surface area contributed by atoms with Crippen LogP contribution in [0.5, 0.6) is 0 Å². The molecule has 1 aliphatic carbocycles. The molecule has 26 heavy (non-hydrogen) atoms. The van der Waals surface area contributed by atoms with Gasteiger partial charge in [-0.1, -0.05) is 0 Å². The van der Waals surface area contributed by atoms with E-state index in [1.54, 1.807) is 23.9 Å². The van der Waals surface area contributed by atoms with Crippen molar-refractivity contribution in [1.82, 2.24) is 25.1 Å². The number of nitrogens with one attached hydrogen (secondary N) is 2. The molecular weight excluding hydrogens is 347 g/mol. The van der Waals surface area contributed by atoms with Crippen molar-refractivity contribution in [2.45, 2.75) is 58.3 Å². The van der Waals surface area contributed by atoms with Crippen LogP contribution in [0, 0.1) is 12.3 Å². The Hall–Kier alpha value is -2.32. The van der Waals surface area contributed by atoms with Gasteiger partial charge in [-0.05, 0) is 45.6 Å². The van der Waals surface area contributed by atoms with Crippen LogP contribution in [0.2, 0.25) is 0 Å². The van der Waals surface area contributed by atoms with E-state index in [4.69, 9.17) is 0 Å². The molecule has 142 valence electrons. The van der Waals surface area contributed by atoms with Gasteiger partial charge in [0.15, 0.2) is 0 Å². The molecule has 2 N–H and O–H groups in total. The predicted molar refractivity (Wildman–Crippen MR) is 88.4 cm³/mol. The standard InChI is InChI=1S/C17H22F3N5O/c1-3-25-14(5-9-22-25)15(26)24-12(13-10-21-11(2)23-13)4-6-16(7-8-16)17(18,19)20/h5,9-10,12H,3-4,6-8H2,1-2H3,(H,21,23)(H,24,26). The highest BCUT2D eigenvalue weighted by atomic mass is 19.4. The van der Waals surface area contributed by atoms with Crippen LogP contribution in [0.3, 0.4) is 0 Å². The van der Waals surface area contributed by atoms with Crippen molar-refractivity contribution in [1.29, 1.82) is 0 Å². The Balaban J connectivity index is 1.75. The fraction of sp³-hybridized carbons (Fsp3) is 0.588. The van der Waals surface area contributed by atoms with Crippen molar-refractivity contribution in [2.75, 3.05) is 0 Å². The first-order valence-corrected chi connectivity index (χ1v) is 8.66. The van der Waals surface area contributed by atoms with E-state index >= 15 is 0 Å². The SMILES string of the molecule is CCn1nccc1C(=O)NC(CCC1(C(F)(F)F)CC1)c1cnc(C)[nH]1. The smallest absolute Gasteiger partial charge is 0.344 e. The first-order valence-electron chi connectivity index (χ1n) is 8.66. The second-order valence-corrected chi connectivity index (χ2v) is 6.80. The van der Waals surface area contributed by atoms with Crippen molar-refractivity contribution >= 4 is 5.91 Å². The van der Waals surface area contributed by atoms with Crippen LogP contribution in [-0.2, 0) is 6.54 Å². The van der Waals surface area contributed by atoms with Crippen molar-refractivity contribution in [3.63, 3.8) is 0 Å². The highest BCUT2D eigenvalue weighted by Crippen LogP contribution is 2.61. The number of carbonyl (C=O) groups excluding carboxylic acids is 1. The molecule has 0 saturated heterocycles. The topological polar surface area (TPSA) is 75.6 Å². The molecule has 1 atom stereocenters. The number of amides is 1. The summed E-state index contributed by atoms with van der Waals surface area (Å²) in [7, 11) is 0. The zero-order valence-corrected chi connectivity index (χ0v) is 14.7. The summed E-state index contributed by atoms with van der Waals surface area (Å²) in [6.07, 6.45) is -0.642. The van der Waals surface area contributed by atoms with E-state index in [2.05, 4.69) is 20.4 Å². The highest BCUT2D eigenvalue weighted by molar-refractivity contribution is 5.92. The minimum atomic E-state index is -4.20. The zero-order valence-electron chi connectivity index (χ0n) is 14.7. The fourth-order valence-corrected chi connectivity index (χ4v) is 3.18. The number of nitrogens with zero attached hydrogens (tertiary/aromatic N) is 3. The Morgan fingerprint density at radius 2 is 2.19 bits per heavy atom. The van der Waals surface area contributed by atoms with E-state index in [1.165, 1.54) is 6.20 Å². The minimum absolute atomic E-state index is 0.0213. The van der Waals surface area contributed by atoms with Gasteiger partial charge in [-0.25, -0.2) is 4.98 Å². The van der Waals surface area contributed by atoms with Crippen LogP contribution in [-0.4, -0.2) is 31.8 Å². The molecule has 0 radical (unpaired) electrons. The molecule has 1 amide bonds. The molecule has 1 aliphatic rings. The van der Waals surface area contributed by atoms with E-state index in [1.807, 2.05) is 6.92 Å². The lowest BCUT2D eigenvalue weighted by Gasteiger charge is -2.23. The van der Waals surface area contributed by atoms with Gasteiger partial charge < -0.3 is 10.3 Å². The number of carbonyl (C=O) groups is 1. The number of hydrogen-bond acceptors (Lipinski definition) is 3. The maximum absolute atomic E-state index is 13.2. The summed E-state index contributed by atoms with van der Waals surface area (Å²) < 4.78 is 41.2. The quantitative estimate of drug-likeness (QED) is 0.784. The Bertz CT molecular complexity index is 775. The van der Waals surface area contributed by atoms with E-state index in [0.717, 1.165) is 0 Å². The number of aromatic amines is 1. The van der Waals surface area contributed by atoms with Gasteiger partial charge in [-0.3, -0.25) is 9.48 Å². The van der Waals surface area contributed by atoms with Crippen molar-refractivity contribution < 1.29 is 18.0 Å². The lowest BCUT2D eigenvalue weighted by molar-refractivity contribution is -0.189. The highest BCUT2D eigenvalue weighted by Gasteiger charge is 2.62. The van der Waals surface area contributed by atoms with E-state index in [9.17, 15) is 18.0 Å². The number of halogens is 3. The lowest BCUT2D eigenvalue weighted by Crippen LogP contribution is -2.32. The maximum atomic E-state index is 13.2. The maximum Gasteiger partial charge on any atom is 0.394 e. The third-order valence-electron chi connectivity index (χ3n) is 5.02. The second kappa shape index (κ2) is 6.77. The second-order valence-electron chi connectivity index (χ2n) is 6.80. The Morgan fingerprint density at radius 1 is 1.46 bits per heavy atom. The van der Waals surface area contributed by atoms with E-state index in [-0.39, 0.29) is 31.6 Å². The molecule has 1 saturated carbocycles.